The Morgan fingerprint density at radius 2 is 2.09 bits per heavy atom. The molecule has 2 saturated heterocycles. The van der Waals surface area contributed by atoms with Gasteiger partial charge in [0.15, 0.2) is 5.11 Å². The van der Waals surface area contributed by atoms with Crippen LogP contribution in [0, 0.1) is 5.92 Å². The lowest BCUT2D eigenvalue weighted by molar-refractivity contribution is -0.131. The summed E-state index contributed by atoms with van der Waals surface area (Å²) in [5, 5.41) is 7.11. The van der Waals surface area contributed by atoms with Crippen molar-refractivity contribution in [2.75, 3.05) is 6.54 Å². The van der Waals surface area contributed by atoms with Crippen molar-refractivity contribution in [3.05, 3.63) is 0 Å². The van der Waals surface area contributed by atoms with Gasteiger partial charge >= 0.3 is 0 Å². The minimum Gasteiger partial charge on any atom is -0.369 e. The van der Waals surface area contributed by atoms with E-state index >= 15 is 0 Å². The standard InChI is InChI=1S/C16H28N4O2S/c1-4-5-6-7-8-12-9-11(13(17)21)10-19(12)20-15(23)18-14(22)16(20,2)3/h11-12H,4-10H2,1-3H3,(H2,17,21)(H,18,22,23). The summed E-state index contributed by atoms with van der Waals surface area (Å²) in [6.07, 6.45) is 6.45. The number of carbonyl (C=O) groups is 2. The highest BCUT2D eigenvalue weighted by Gasteiger charge is 2.50. The average molecular weight is 340 g/mol. The molecule has 0 aliphatic carbocycles. The van der Waals surface area contributed by atoms with E-state index < -0.39 is 5.54 Å². The van der Waals surface area contributed by atoms with Gasteiger partial charge in [0.25, 0.3) is 5.91 Å². The molecule has 23 heavy (non-hydrogen) atoms. The number of nitrogens with two attached hydrogens (primary N) is 1. The normalized spacial score (nSPS) is 27.5. The Bertz CT molecular complexity index is 494. The second kappa shape index (κ2) is 7.13. The van der Waals surface area contributed by atoms with Crippen molar-refractivity contribution in [3.8, 4) is 0 Å². The van der Waals surface area contributed by atoms with Crippen molar-refractivity contribution in [2.24, 2.45) is 11.7 Å². The number of hydrazine groups is 1. The third-order valence-corrected chi connectivity index (χ3v) is 5.21. The predicted molar refractivity (Wildman–Crippen MR) is 93.2 cm³/mol. The molecule has 0 aromatic heterocycles. The first-order valence-corrected chi connectivity index (χ1v) is 8.91. The van der Waals surface area contributed by atoms with E-state index in [4.69, 9.17) is 18.0 Å². The summed E-state index contributed by atoms with van der Waals surface area (Å²) in [6.45, 7) is 6.43. The van der Waals surface area contributed by atoms with Gasteiger partial charge in [0.1, 0.15) is 5.54 Å². The molecule has 2 amide bonds. The van der Waals surface area contributed by atoms with E-state index in [0.29, 0.717) is 11.7 Å². The summed E-state index contributed by atoms with van der Waals surface area (Å²) >= 11 is 5.35. The smallest absolute Gasteiger partial charge is 0.253 e. The van der Waals surface area contributed by atoms with E-state index in [1.165, 1.54) is 19.3 Å². The molecule has 6 nitrogen and oxygen atoms in total. The molecule has 0 saturated carbocycles. The summed E-state index contributed by atoms with van der Waals surface area (Å²) < 4.78 is 0. The third kappa shape index (κ3) is 3.66. The van der Waals surface area contributed by atoms with Gasteiger partial charge in [0, 0.05) is 12.6 Å². The topological polar surface area (TPSA) is 78.7 Å². The van der Waals surface area contributed by atoms with E-state index in [2.05, 4.69) is 17.2 Å². The van der Waals surface area contributed by atoms with Crippen molar-refractivity contribution < 1.29 is 9.59 Å². The number of nitrogens with zero attached hydrogens (tertiary/aromatic N) is 2. The van der Waals surface area contributed by atoms with Crippen LogP contribution in [0.3, 0.4) is 0 Å². The molecule has 2 heterocycles. The molecule has 0 radical (unpaired) electrons. The van der Waals surface area contributed by atoms with Crippen LogP contribution >= 0.6 is 12.2 Å². The predicted octanol–water partition coefficient (Wildman–Crippen LogP) is 1.54. The Hall–Kier alpha value is -1.21. The molecular formula is C16H28N4O2S. The molecule has 7 heteroatoms. The summed E-state index contributed by atoms with van der Waals surface area (Å²) in [5.41, 5.74) is 4.80. The van der Waals surface area contributed by atoms with Gasteiger partial charge < -0.3 is 5.73 Å². The van der Waals surface area contributed by atoms with Gasteiger partial charge in [-0.3, -0.25) is 19.9 Å². The molecule has 0 spiro atoms. The van der Waals surface area contributed by atoms with E-state index in [0.717, 1.165) is 19.3 Å². The van der Waals surface area contributed by atoms with Gasteiger partial charge in [-0.1, -0.05) is 32.6 Å². The molecule has 0 bridgehead atoms. The zero-order chi connectivity index (χ0) is 17.2. The number of amides is 2. The lowest BCUT2D eigenvalue weighted by Gasteiger charge is -2.40. The zero-order valence-electron chi connectivity index (χ0n) is 14.3. The first kappa shape index (κ1) is 18.1. The molecule has 2 rings (SSSR count). The maximum absolute atomic E-state index is 12.1. The van der Waals surface area contributed by atoms with E-state index in [-0.39, 0.29) is 23.8 Å². The number of nitrogens with one attached hydrogen (secondary N) is 1. The van der Waals surface area contributed by atoms with Crippen LogP contribution < -0.4 is 11.1 Å². The van der Waals surface area contributed by atoms with Crippen LogP contribution in [0.5, 0.6) is 0 Å². The number of unbranched alkanes of at least 4 members (excludes halogenated alkanes) is 3. The maximum atomic E-state index is 12.1. The molecule has 2 unspecified atom stereocenters. The van der Waals surface area contributed by atoms with Crippen LogP contribution in [0.4, 0.5) is 0 Å². The van der Waals surface area contributed by atoms with Crippen molar-refractivity contribution in [1.29, 1.82) is 0 Å². The lowest BCUT2D eigenvalue weighted by atomic mass is 10.0. The highest BCUT2D eigenvalue weighted by Crippen LogP contribution is 2.34. The monoisotopic (exact) mass is 340 g/mol. The first-order chi connectivity index (χ1) is 10.8. The fraction of sp³-hybridized carbons (Fsp3) is 0.812. The Morgan fingerprint density at radius 3 is 2.61 bits per heavy atom. The van der Waals surface area contributed by atoms with Crippen molar-refractivity contribution in [1.82, 2.24) is 15.3 Å². The average Bonchev–Trinajstić information content (AvgIpc) is 2.95. The van der Waals surface area contributed by atoms with Crippen LogP contribution in [-0.4, -0.2) is 45.1 Å². The van der Waals surface area contributed by atoms with Gasteiger partial charge in [-0.2, -0.15) is 0 Å². The van der Waals surface area contributed by atoms with Gasteiger partial charge in [-0.25, -0.2) is 5.01 Å². The van der Waals surface area contributed by atoms with Gasteiger partial charge in [0.2, 0.25) is 5.91 Å². The minimum absolute atomic E-state index is 0.102. The first-order valence-electron chi connectivity index (χ1n) is 8.50. The lowest BCUT2D eigenvalue weighted by Crippen LogP contribution is -2.56. The quantitative estimate of drug-likeness (QED) is 0.543. The van der Waals surface area contributed by atoms with E-state index in [9.17, 15) is 9.59 Å². The Labute approximate surface area is 143 Å². The van der Waals surface area contributed by atoms with E-state index in [1.54, 1.807) is 0 Å². The molecule has 0 aromatic carbocycles. The Morgan fingerprint density at radius 1 is 1.39 bits per heavy atom. The largest absolute Gasteiger partial charge is 0.369 e. The van der Waals surface area contributed by atoms with Crippen molar-refractivity contribution >= 4 is 29.1 Å². The summed E-state index contributed by atoms with van der Waals surface area (Å²) in [4.78, 5) is 23.8. The summed E-state index contributed by atoms with van der Waals surface area (Å²) in [6, 6.07) is 0.203. The molecule has 3 N–H and O–H groups in total. The van der Waals surface area contributed by atoms with Gasteiger partial charge in [-0.05, 0) is 38.9 Å². The molecule has 2 aliphatic heterocycles. The summed E-state index contributed by atoms with van der Waals surface area (Å²) in [7, 11) is 0. The SMILES string of the molecule is CCCCCCC1CC(C(N)=O)CN1N1C(=S)NC(=O)C1(C)C. The van der Waals surface area contributed by atoms with Crippen LogP contribution in [0.25, 0.3) is 0 Å². The molecular weight excluding hydrogens is 312 g/mol. The molecule has 130 valence electrons. The van der Waals surface area contributed by atoms with Crippen LogP contribution in [0.15, 0.2) is 0 Å². The second-order valence-corrected chi connectivity index (χ2v) is 7.48. The van der Waals surface area contributed by atoms with Crippen LogP contribution in [-0.2, 0) is 9.59 Å². The number of rotatable bonds is 7. The zero-order valence-corrected chi connectivity index (χ0v) is 15.1. The van der Waals surface area contributed by atoms with Gasteiger partial charge in [0.05, 0.1) is 5.92 Å². The Kier molecular flexibility index (Phi) is 5.62. The highest BCUT2D eigenvalue weighted by atomic mass is 32.1. The van der Waals surface area contributed by atoms with Crippen LogP contribution in [0.1, 0.15) is 59.3 Å². The number of hydrogen-bond donors (Lipinski definition) is 2. The number of thiocarbonyl (C=S) groups is 1. The minimum atomic E-state index is -0.731. The van der Waals surface area contributed by atoms with Crippen molar-refractivity contribution in [3.63, 3.8) is 0 Å². The highest BCUT2D eigenvalue weighted by molar-refractivity contribution is 7.80. The molecule has 2 aliphatic rings. The maximum Gasteiger partial charge on any atom is 0.253 e. The molecule has 2 fully saturated rings. The van der Waals surface area contributed by atoms with Gasteiger partial charge in [-0.15, -0.1) is 0 Å². The second-order valence-electron chi connectivity index (χ2n) is 7.09. The number of primary amides is 1. The molecule has 2 atom stereocenters. The number of carbonyl (C=O) groups excluding carboxylic acids is 2. The third-order valence-electron chi connectivity index (χ3n) is 4.93. The van der Waals surface area contributed by atoms with Crippen molar-refractivity contribution in [2.45, 2.75) is 70.9 Å². The fourth-order valence-electron chi connectivity index (χ4n) is 3.52. The van der Waals surface area contributed by atoms with Crippen LogP contribution in [0.2, 0.25) is 0 Å². The molecule has 0 aromatic rings. The van der Waals surface area contributed by atoms with E-state index in [1.807, 2.05) is 18.9 Å². The Balaban J connectivity index is 2.13. The number of hydrogen-bond acceptors (Lipinski definition) is 4. The fourth-order valence-corrected chi connectivity index (χ4v) is 3.94. The summed E-state index contributed by atoms with van der Waals surface area (Å²) in [5.74, 6) is -0.552.